The number of sulfone groups is 1. The summed E-state index contributed by atoms with van der Waals surface area (Å²) >= 11 is 0. The van der Waals surface area contributed by atoms with Crippen LogP contribution in [0.3, 0.4) is 0 Å². The van der Waals surface area contributed by atoms with Crippen molar-refractivity contribution in [2.45, 2.75) is 40.0 Å². The van der Waals surface area contributed by atoms with Gasteiger partial charge in [0, 0.05) is 31.1 Å². The van der Waals surface area contributed by atoms with Gasteiger partial charge in [-0.1, -0.05) is 35.4 Å². The van der Waals surface area contributed by atoms with E-state index in [0.717, 1.165) is 40.6 Å². The van der Waals surface area contributed by atoms with Crippen LogP contribution in [0.1, 0.15) is 33.5 Å². The summed E-state index contributed by atoms with van der Waals surface area (Å²) in [5.74, 6) is 0.352. The molecule has 0 N–H and O–H groups in total. The second-order valence-electron chi connectivity index (χ2n) is 10.3. The number of anilines is 1. The fourth-order valence-electron chi connectivity index (χ4n) is 4.52. The molecule has 2 aromatic carbocycles. The van der Waals surface area contributed by atoms with Gasteiger partial charge in [0.2, 0.25) is 5.95 Å². The average molecular weight is 616 g/mol. The number of alkyl halides is 3. The average Bonchev–Trinajstić information content (AvgIpc) is 2.92. The zero-order chi connectivity index (χ0) is 31.4. The summed E-state index contributed by atoms with van der Waals surface area (Å²) in [5, 5.41) is 0. The molecule has 0 saturated heterocycles. The number of benzene rings is 2. The molecule has 4 rings (SSSR count). The van der Waals surface area contributed by atoms with Crippen molar-refractivity contribution >= 4 is 15.8 Å². The Morgan fingerprint density at radius 2 is 1.60 bits per heavy atom. The molecule has 0 saturated carbocycles. The molecule has 0 radical (unpaired) electrons. The first kappa shape index (κ1) is 31.7. The third-order valence-electron chi connectivity index (χ3n) is 6.51. The lowest BCUT2D eigenvalue weighted by atomic mass is 9.97. The second kappa shape index (κ2) is 12.9. The molecule has 228 valence electrons. The Morgan fingerprint density at radius 3 is 2.23 bits per heavy atom. The van der Waals surface area contributed by atoms with Crippen LogP contribution in [0.5, 0.6) is 11.8 Å². The molecule has 0 aliphatic carbocycles. The van der Waals surface area contributed by atoms with Crippen LogP contribution in [0.25, 0.3) is 11.1 Å². The Bertz CT molecular complexity index is 1700. The normalized spacial score (nSPS) is 11.8. The second-order valence-corrected chi connectivity index (χ2v) is 12.5. The minimum absolute atomic E-state index is 0.0648. The van der Waals surface area contributed by atoms with Gasteiger partial charge in [-0.05, 0) is 49.6 Å². The Balaban J connectivity index is 1.73. The Labute approximate surface area is 248 Å². The van der Waals surface area contributed by atoms with Gasteiger partial charge in [-0.2, -0.15) is 18.2 Å². The van der Waals surface area contributed by atoms with Gasteiger partial charge in [-0.15, -0.1) is 0 Å². The van der Waals surface area contributed by atoms with Crippen molar-refractivity contribution in [1.29, 1.82) is 0 Å². The van der Waals surface area contributed by atoms with E-state index < -0.39 is 21.6 Å². The number of aryl methyl sites for hydroxylation is 3. The summed E-state index contributed by atoms with van der Waals surface area (Å²) in [4.78, 5) is 19.3. The summed E-state index contributed by atoms with van der Waals surface area (Å²) in [7, 11) is -1.72. The summed E-state index contributed by atoms with van der Waals surface area (Å²) < 4.78 is 74.4. The smallest absolute Gasteiger partial charge is 0.416 e. The molecule has 0 amide bonds. The zero-order valence-electron chi connectivity index (χ0n) is 24.4. The number of aromatic nitrogens is 4. The van der Waals surface area contributed by atoms with E-state index in [-0.39, 0.29) is 43.2 Å². The zero-order valence-corrected chi connectivity index (χ0v) is 25.3. The molecule has 0 spiro atoms. The fourth-order valence-corrected chi connectivity index (χ4v) is 4.91. The molecule has 0 aliphatic heterocycles. The van der Waals surface area contributed by atoms with Crippen LogP contribution in [0.15, 0.2) is 55.0 Å². The highest BCUT2D eigenvalue weighted by Crippen LogP contribution is 2.33. The van der Waals surface area contributed by atoms with Crippen molar-refractivity contribution in [2.24, 2.45) is 0 Å². The number of rotatable bonds is 11. The summed E-state index contributed by atoms with van der Waals surface area (Å²) in [6.45, 7) is 5.66. The molecule has 9 nitrogen and oxygen atoms in total. The van der Waals surface area contributed by atoms with Gasteiger partial charge in [-0.3, -0.25) is 0 Å². The van der Waals surface area contributed by atoms with Gasteiger partial charge in [0.1, 0.15) is 6.61 Å². The van der Waals surface area contributed by atoms with Gasteiger partial charge in [0.05, 0.1) is 36.5 Å². The first-order chi connectivity index (χ1) is 20.2. The first-order valence-corrected chi connectivity index (χ1v) is 15.3. The van der Waals surface area contributed by atoms with Crippen molar-refractivity contribution in [3.63, 3.8) is 0 Å². The maximum atomic E-state index is 13.6. The van der Waals surface area contributed by atoms with Crippen molar-refractivity contribution in [3.05, 3.63) is 88.5 Å². The molecule has 0 unspecified atom stereocenters. The lowest BCUT2D eigenvalue weighted by molar-refractivity contribution is -0.137. The van der Waals surface area contributed by atoms with Crippen LogP contribution < -0.4 is 14.4 Å². The molecule has 0 aliphatic rings. The van der Waals surface area contributed by atoms with Crippen LogP contribution in [0.4, 0.5) is 19.1 Å². The molecular formula is C30H32F3N5O4S. The van der Waals surface area contributed by atoms with E-state index in [1.54, 1.807) is 24.1 Å². The molecule has 0 bridgehead atoms. The summed E-state index contributed by atoms with van der Waals surface area (Å²) in [6.07, 6.45) is 1.11. The Morgan fingerprint density at radius 1 is 0.884 bits per heavy atom. The highest BCUT2D eigenvalue weighted by Gasteiger charge is 2.31. The minimum Gasteiger partial charge on any atom is -0.489 e. The SMILES string of the molecule is COc1ncc(-c2ccc(C)cc2CN(Cc2cc(C)cc(C(F)(F)F)c2)c2ncc(OCCS(C)(=O)=O)cn2)c(C)n1. The third kappa shape index (κ3) is 8.63. The van der Waals surface area contributed by atoms with Crippen molar-refractivity contribution in [1.82, 2.24) is 19.9 Å². The maximum absolute atomic E-state index is 13.6. The van der Waals surface area contributed by atoms with E-state index in [9.17, 15) is 21.6 Å². The number of ether oxygens (including phenoxy) is 2. The van der Waals surface area contributed by atoms with E-state index in [2.05, 4.69) is 19.9 Å². The summed E-state index contributed by atoms with van der Waals surface area (Å²) in [6, 6.07) is 10.1. The Kier molecular flexibility index (Phi) is 9.53. The van der Waals surface area contributed by atoms with Crippen LogP contribution >= 0.6 is 0 Å². The van der Waals surface area contributed by atoms with Gasteiger partial charge >= 0.3 is 12.2 Å². The molecule has 0 atom stereocenters. The van der Waals surface area contributed by atoms with Gasteiger partial charge in [0.15, 0.2) is 15.6 Å². The number of hydrogen-bond acceptors (Lipinski definition) is 9. The van der Waals surface area contributed by atoms with Crippen molar-refractivity contribution in [3.8, 4) is 22.9 Å². The van der Waals surface area contributed by atoms with Crippen LogP contribution in [-0.2, 0) is 29.1 Å². The van der Waals surface area contributed by atoms with E-state index in [1.165, 1.54) is 19.5 Å². The molecule has 0 fully saturated rings. The number of hydrogen-bond donors (Lipinski definition) is 0. The molecular weight excluding hydrogens is 583 g/mol. The monoisotopic (exact) mass is 615 g/mol. The van der Waals surface area contributed by atoms with E-state index in [4.69, 9.17) is 9.47 Å². The van der Waals surface area contributed by atoms with E-state index in [1.807, 2.05) is 32.0 Å². The highest BCUT2D eigenvalue weighted by molar-refractivity contribution is 7.90. The largest absolute Gasteiger partial charge is 0.489 e. The molecule has 13 heteroatoms. The highest BCUT2D eigenvalue weighted by atomic mass is 32.2. The predicted molar refractivity (Wildman–Crippen MR) is 157 cm³/mol. The predicted octanol–water partition coefficient (Wildman–Crippen LogP) is 5.52. The van der Waals surface area contributed by atoms with Crippen LogP contribution in [0, 0.1) is 20.8 Å². The number of halogens is 3. The summed E-state index contributed by atoms with van der Waals surface area (Å²) in [5.41, 5.74) is 4.33. The Hall–Kier alpha value is -4.26. The number of methoxy groups -OCH3 is 1. The molecule has 43 heavy (non-hydrogen) atoms. The van der Waals surface area contributed by atoms with Crippen LogP contribution in [0.2, 0.25) is 0 Å². The van der Waals surface area contributed by atoms with Gasteiger partial charge in [-0.25, -0.2) is 23.4 Å². The topological polar surface area (TPSA) is 107 Å². The quantitative estimate of drug-likeness (QED) is 0.216. The number of nitrogens with zero attached hydrogens (tertiary/aromatic N) is 5. The molecule has 2 heterocycles. The van der Waals surface area contributed by atoms with E-state index in [0.29, 0.717) is 16.8 Å². The maximum Gasteiger partial charge on any atom is 0.416 e. The standard InChI is InChI=1S/C30H32F3N5O4S/c1-19-6-7-26(27-16-36-29(41-4)37-21(27)3)23(11-19)18-38(17-22-10-20(2)12-24(13-22)30(31,32)33)28-34-14-25(15-35-28)42-8-9-43(5,39)40/h6-7,10-16H,8-9,17-18H2,1-5H3. The fraction of sp³-hybridized carbons (Fsp3) is 0.333. The van der Waals surface area contributed by atoms with Crippen LogP contribution in [-0.4, -0.2) is 54.1 Å². The van der Waals surface area contributed by atoms with E-state index >= 15 is 0 Å². The lowest BCUT2D eigenvalue weighted by Crippen LogP contribution is -2.25. The van der Waals surface area contributed by atoms with Crippen molar-refractivity contribution < 1.29 is 31.1 Å². The minimum atomic E-state index is -4.50. The molecule has 4 aromatic rings. The first-order valence-electron chi connectivity index (χ1n) is 13.2. The lowest BCUT2D eigenvalue weighted by Gasteiger charge is -2.25. The molecule has 2 aromatic heterocycles. The van der Waals surface area contributed by atoms with Gasteiger partial charge in [0.25, 0.3) is 0 Å². The van der Waals surface area contributed by atoms with Crippen molar-refractivity contribution in [2.75, 3.05) is 30.6 Å². The third-order valence-corrected chi connectivity index (χ3v) is 7.42. The van der Waals surface area contributed by atoms with Gasteiger partial charge < -0.3 is 14.4 Å².